The minimum Gasteiger partial charge on any atom is -0.360 e. The Kier molecular flexibility index (Phi) is 6.31. The summed E-state index contributed by atoms with van der Waals surface area (Å²) >= 11 is 11.8. The normalized spacial score (nSPS) is 11.6. The van der Waals surface area contributed by atoms with Crippen molar-refractivity contribution in [1.29, 1.82) is 5.26 Å². The molecule has 0 aliphatic rings. The molecule has 2 aromatic carbocycles. The monoisotopic (exact) mass is 387 g/mol. The van der Waals surface area contributed by atoms with Crippen LogP contribution in [0.25, 0.3) is 0 Å². The van der Waals surface area contributed by atoms with Gasteiger partial charge >= 0.3 is 0 Å². The first-order chi connectivity index (χ1) is 12.2. The van der Waals surface area contributed by atoms with Crippen molar-refractivity contribution in [2.45, 2.75) is 26.2 Å². The summed E-state index contributed by atoms with van der Waals surface area (Å²) in [5, 5.41) is 15.7. The van der Waals surface area contributed by atoms with E-state index < -0.39 is 5.91 Å². The van der Waals surface area contributed by atoms with Crippen LogP contribution in [0.3, 0.4) is 0 Å². The van der Waals surface area contributed by atoms with E-state index in [2.05, 4.69) is 31.4 Å². The number of amides is 1. The largest absolute Gasteiger partial charge is 0.360 e. The van der Waals surface area contributed by atoms with Crippen molar-refractivity contribution in [2.75, 3.05) is 10.6 Å². The third-order valence-electron chi connectivity index (χ3n) is 3.65. The van der Waals surface area contributed by atoms with Crippen LogP contribution in [0.15, 0.2) is 54.2 Å². The minimum atomic E-state index is -0.536. The Hall–Kier alpha value is -2.48. The van der Waals surface area contributed by atoms with Gasteiger partial charge in [0.1, 0.15) is 11.6 Å². The van der Waals surface area contributed by atoms with E-state index in [-0.39, 0.29) is 11.0 Å². The van der Waals surface area contributed by atoms with E-state index in [4.69, 9.17) is 23.2 Å². The summed E-state index contributed by atoms with van der Waals surface area (Å²) in [5.41, 5.74) is 2.25. The molecule has 0 unspecified atom stereocenters. The Balaban J connectivity index is 2.19. The fourth-order valence-electron chi connectivity index (χ4n) is 2.33. The Labute approximate surface area is 163 Å². The number of rotatable bonds is 4. The molecule has 6 heteroatoms. The summed E-state index contributed by atoms with van der Waals surface area (Å²) in [5.74, 6) is -0.536. The van der Waals surface area contributed by atoms with Gasteiger partial charge in [-0.05, 0) is 35.2 Å². The van der Waals surface area contributed by atoms with Gasteiger partial charge in [-0.25, -0.2) is 0 Å². The molecule has 0 aliphatic carbocycles. The highest BCUT2D eigenvalue weighted by molar-refractivity contribution is 6.42. The molecule has 0 aliphatic heterocycles. The quantitative estimate of drug-likeness (QED) is 0.518. The Morgan fingerprint density at radius 1 is 1.12 bits per heavy atom. The van der Waals surface area contributed by atoms with Crippen LogP contribution < -0.4 is 10.6 Å². The molecule has 134 valence electrons. The van der Waals surface area contributed by atoms with Gasteiger partial charge in [0.15, 0.2) is 0 Å². The summed E-state index contributed by atoms with van der Waals surface area (Å²) in [6.07, 6.45) is 1.40. The predicted octanol–water partition coefficient (Wildman–Crippen LogP) is 5.75. The molecule has 26 heavy (non-hydrogen) atoms. The molecule has 0 spiro atoms. The average molecular weight is 388 g/mol. The highest BCUT2D eigenvalue weighted by atomic mass is 35.5. The number of anilines is 2. The maximum absolute atomic E-state index is 12.3. The number of nitrogens with zero attached hydrogens (tertiary/aromatic N) is 1. The molecule has 0 saturated carbocycles. The Morgan fingerprint density at radius 2 is 1.81 bits per heavy atom. The summed E-state index contributed by atoms with van der Waals surface area (Å²) in [6.45, 7) is 6.29. The van der Waals surface area contributed by atoms with Gasteiger partial charge < -0.3 is 10.6 Å². The average Bonchev–Trinajstić information content (AvgIpc) is 2.58. The van der Waals surface area contributed by atoms with Crippen LogP contribution in [0.2, 0.25) is 10.0 Å². The van der Waals surface area contributed by atoms with E-state index in [0.29, 0.717) is 15.7 Å². The molecular formula is C20H19Cl2N3O. The zero-order chi connectivity index (χ0) is 19.3. The van der Waals surface area contributed by atoms with Gasteiger partial charge in [0, 0.05) is 17.6 Å². The van der Waals surface area contributed by atoms with Crippen molar-refractivity contribution in [3.05, 3.63) is 69.8 Å². The second-order valence-electron chi connectivity index (χ2n) is 6.69. The molecule has 2 rings (SSSR count). The van der Waals surface area contributed by atoms with Gasteiger partial charge in [-0.3, -0.25) is 4.79 Å². The van der Waals surface area contributed by atoms with E-state index in [1.165, 1.54) is 12.3 Å². The van der Waals surface area contributed by atoms with Crippen LogP contribution >= 0.6 is 23.2 Å². The van der Waals surface area contributed by atoms with Crippen molar-refractivity contribution in [3.8, 4) is 6.07 Å². The van der Waals surface area contributed by atoms with Crippen LogP contribution in [0.1, 0.15) is 26.3 Å². The van der Waals surface area contributed by atoms with Crippen molar-refractivity contribution >= 4 is 40.5 Å². The molecule has 1 amide bonds. The highest BCUT2D eigenvalue weighted by Gasteiger charge is 2.17. The fourth-order valence-corrected chi connectivity index (χ4v) is 2.63. The number of carbonyl (C=O) groups is 1. The molecule has 0 heterocycles. The summed E-state index contributed by atoms with van der Waals surface area (Å²) in [7, 11) is 0. The van der Waals surface area contributed by atoms with Gasteiger partial charge in [-0.15, -0.1) is 0 Å². The molecule has 0 aromatic heterocycles. The van der Waals surface area contributed by atoms with E-state index in [1.807, 2.05) is 30.3 Å². The van der Waals surface area contributed by atoms with Crippen LogP contribution in [0.5, 0.6) is 0 Å². The maximum Gasteiger partial charge on any atom is 0.267 e. The molecule has 0 bridgehead atoms. The van der Waals surface area contributed by atoms with Crippen LogP contribution in [0.4, 0.5) is 11.4 Å². The van der Waals surface area contributed by atoms with Crippen molar-refractivity contribution < 1.29 is 4.79 Å². The number of hydrogen-bond acceptors (Lipinski definition) is 3. The molecule has 2 N–H and O–H groups in total. The Bertz CT molecular complexity index is 893. The molecule has 4 nitrogen and oxygen atoms in total. The molecule has 0 atom stereocenters. The summed E-state index contributed by atoms with van der Waals surface area (Å²) < 4.78 is 0. The van der Waals surface area contributed by atoms with E-state index >= 15 is 0 Å². The number of halogens is 2. The maximum atomic E-state index is 12.3. The molecule has 0 fully saturated rings. The van der Waals surface area contributed by atoms with Crippen molar-refractivity contribution in [3.63, 3.8) is 0 Å². The standard InChI is InChI=1S/C20H19Cl2N3O/c1-20(2,3)15-6-4-5-7-18(15)24-12-13(11-23)19(26)25-14-8-9-16(21)17(22)10-14/h4-10,12,24H,1-3H3,(H,25,26)/b13-12-. The van der Waals surface area contributed by atoms with Gasteiger partial charge in [0.05, 0.1) is 10.0 Å². The van der Waals surface area contributed by atoms with Crippen LogP contribution in [0, 0.1) is 11.3 Å². The molecule has 0 radical (unpaired) electrons. The van der Waals surface area contributed by atoms with Gasteiger partial charge in [0.2, 0.25) is 0 Å². The zero-order valence-electron chi connectivity index (χ0n) is 14.7. The third-order valence-corrected chi connectivity index (χ3v) is 4.39. The summed E-state index contributed by atoms with van der Waals surface area (Å²) in [4.78, 5) is 12.3. The van der Waals surface area contributed by atoms with Crippen molar-refractivity contribution in [1.82, 2.24) is 0 Å². The zero-order valence-corrected chi connectivity index (χ0v) is 16.2. The molecule has 2 aromatic rings. The second kappa shape index (κ2) is 8.27. The first-order valence-electron chi connectivity index (χ1n) is 7.95. The number of para-hydroxylation sites is 1. The minimum absolute atomic E-state index is 0.0558. The lowest BCUT2D eigenvalue weighted by Crippen LogP contribution is -2.16. The third kappa shape index (κ3) is 5.01. The van der Waals surface area contributed by atoms with Gasteiger partial charge in [0.25, 0.3) is 5.91 Å². The first-order valence-corrected chi connectivity index (χ1v) is 8.70. The molecular weight excluding hydrogens is 369 g/mol. The first kappa shape index (κ1) is 19.8. The lowest BCUT2D eigenvalue weighted by molar-refractivity contribution is -0.112. The number of benzene rings is 2. The number of hydrogen-bond donors (Lipinski definition) is 2. The number of nitrogens with one attached hydrogen (secondary N) is 2. The summed E-state index contributed by atoms with van der Waals surface area (Å²) in [6, 6.07) is 14.4. The van der Waals surface area contributed by atoms with Gasteiger partial charge in [-0.1, -0.05) is 62.2 Å². The lowest BCUT2D eigenvalue weighted by Gasteiger charge is -2.22. The van der Waals surface area contributed by atoms with E-state index in [0.717, 1.165) is 11.3 Å². The lowest BCUT2D eigenvalue weighted by atomic mass is 9.86. The predicted molar refractivity (Wildman–Crippen MR) is 108 cm³/mol. The fraction of sp³-hybridized carbons (Fsp3) is 0.200. The number of nitriles is 1. The second-order valence-corrected chi connectivity index (χ2v) is 7.51. The Morgan fingerprint density at radius 3 is 2.42 bits per heavy atom. The SMILES string of the molecule is CC(C)(C)c1ccccc1N/C=C(/C#N)C(=O)Nc1ccc(Cl)c(Cl)c1. The topological polar surface area (TPSA) is 64.9 Å². The van der Waals surface area contributed by atoms with Gasteiger partial charge in [-0.2, -0.15) is 5.26 Å². The van der Waals surface area contributed by atoms with Crippen molar-refractivity contribution in [2.24, 2.45) is 0 Å². The van der Waals surface area contributed by atoms with E-state index in [9.17, 15) is 10.1 Å². The number of carbonyl (C=O) groups excluding carboxylic acids is 1. The highest BCUT2D eigenvalue weighted by Crippen LogP contribution is 2.29. The van der Waals surface area contributed by atoms with E-state index in [1.54, 1.807) is 12.1 Å². The smallest absolute Gasteiger partial charge is 0.267 e. The van der Waals surface area contributed by atoms with Crippen LogP contribution in [-0.2, 0) is 10.2 Å². The molecule has 0 saturated heterocycles. The van der Waals surface area contributed by atoms with Crippen LogP contribution in [-0.4, -0.2) is 5.91 Å².